The van der Waals surface area contributed by atoms with Crippen molar-refractivity contribution in [2.75, 3.05) is 18.0 Å². The summed E-state index contributed by atoms with van der Waals surface area (Å²) in [6.07, 6.45) is 0.0612. The van der Waals surface area contributed by atoms with E-state index in [9.17, 15) is 13.6 Å². The number of carboxylic acid groups (broad SMARTS) is 1. The Hall–Kier alpha value is -2.19. The predicted molar refractivity (Wildman–Crippen MR) is 88.3 cm³/mol. The van der Waals surface area contributed by atoms with E-state index in [4.69, 9.17) is 28.3 Å². The summed E-state index contributed by atoms with van der Waals surface area (Å²) in [7, 11) is 0. The van der Waals surface area contributed by atoms with Gasteiger partial charge in [0.25, 0.3) is 0 Å². The van der Waals surface area contributed by atoms with Gasteiger partial charge in [-0.15, -0.1) is 0 Å². The van der Waals surface area contributed by atoms with Crippen LogP contribution in [0, 0.1) is 11.6 Å². The summed E-state index contributed by atoms with van der Waals surface area (Å²) in [5.74, 6) is -2.10. The van der Waals surface area contributed by atoms with E-state index < -0.39 is 29.7 Å². The van der Waals surface area contributed by atoms with Gasteiger partial charge in [0.15, 0.2) is 11.6 Å². The second-order valence-electron chi connectivity index (χ2n) is 5.55. The van der Waals surface area contributed by atoms with Crippen LogP contribution >= 0.6 is 23.2 Å². The maximum Gasteiger partial charge on any atom is 0.404 e. The minimum atomic E-state index is -1.23. The zero-order valence-electron chi connectivity index (χ0n) is 12.6. The molecule has 6 nitrogen and oxygen atoms in total. The lowest BCUT2D eigenvalue weighted by Crippen LogP contribution is -2.39. The molecule has 2 N–H and O–H groups in total. The van der Waals surface area contributed by atoms with Crippen molar-refractivity contribution in [3.8, 4) is 0 Å². The fourth-order valence-electron chi connectivity index (χ4n) is 2.93. The van der Waals surface area contributed by atoms with Crippen molar-refractivity contribution < 1.29 is 18.7 Å². The maximum absolute atomic E-state index is 13.7. The molecule has 1 saturated heterocycles. The van der Waals surface area contributed by atoms with Gasteiger partial charge < -0.3 is 15.3 Å². The van der Waals surface area contributed by atoms with E-state index >= 15 is 0 Å². The molecule has 1 aliphatic heterocycles. The minimum absolute atomic E-state index is 0.0312. The van der Waals surface area contributed by atoms with Crippen molar-refractivity contribution in [3.05, 3.63) is 51.9 Å². The summed E-state index contributed by atoms with van der Waals surface area (Å²) < 4.78 is 27.0. The fourth-order valence-corrected chi connectivity index (χ4v) is 3.36. The van der Waals surface area contributed by atoms with Crippen molar-refractivity contribution in [1.29, 1.82) is 0 Å². The van der Waals surface area contributed by atoms with Crippen LogP contribution in [0.25, 0.3) is 0 Å². The summed E-state index contributed by atoms with van der Waals surface area (Å²) in [6.45, 7) is 0.558. The molecular weight excluding hydrogens is 377 g/mol. The molecule has 2 heterocycles. The van der Waals surface area contributed by atoms with Gasteiger partial charge in [0, 0.05) is 30.1 Å². The molecule has 0 saturated carbocycles. The lowest BCUT2D eigenvalue weighted by Gasteiger charge is -2.19. The van der Waals surface area contributed by atoms with Crippen molar-refractivity contribution in [2.24, 2.45) is 0 Å². The lowest BCUT2D eigenvalue weighted by molar-refractivity contribution is 0.190. The van der Waals surface area contributed by atoms with Gasteiger partial charge in [-0.2, -0.15) is 0 Å². The highest BCUT2D eigenvalue weighted by Gasteiger charge is 2.37. The first-order chi connectivity index (χ1) is 11.8. The van der Waals surface area contributed by atoms with Crippen LogP contribution in [0.2, 0.25) is 10.2 Å². The number of benzene rings is 1. The molecule has 1 fully saturated rings. The summed E-state index contributed by atoms with van der Waals surface area (Å²) in [5.41, 5.74) is 0.321. The van der Waals surface area contributed by atoms with Crippen molar-refractivity contribution in [3.63, 3.8) is 0 Å². The number of nitrogens with one attached hydrogen (secondary N) is 1. The first kappa shape index (κ1) is 17.6. The van der Waals surface area contributed by atoms with Crippen molar-refractivity contribution in [1.82, 2.24) is 15.3 Å². The van der Waals surface area contributed by atoms with Crippen LogP contribution in [-0.4, -0.2) is 40.3 Å². The third-order valence-corrected chi connectivity index (χ3v) is 4.55. The number of anilines is 1. The van der Waals surface area contributed by atoms with Gasteiger partial charge in [-0.05, 0) is 17.7 Å². The Morgan fingerprint density at radius 2 is 1.92 bits per heavy atom. The van der Waals surface area contributed by atoms with Gasteiger partial charge in [0.05, 0.1) is 6.04 Å². The smallest absolute Gasteiger partial charge is 0.404 e. The van der Waals surface area contributed by atoms with Gasteiger partial charge in [-0.3, -0.25) is 0 Å². The summed E-state index contributed by atoms with van der Waals surface area (Å²) in [6, 6.07) is 2.83. The van der Waals surface area contributed by atoms with Gasteiger partial charge in [-0.1, -0.05) is 23.2 Å². The Balaban J connectivity index is 1.95. The maximum atomic E-state index is 13.7. The highest BCUT2D eigenvalue weighted by molar-refractivity contribution is 6.31. The number of aromatic nitrogens is 2. The number of hydrogen-bond donors (Lipinski definition) is 2. The van der Waals surface area contributed by atoms with Crippen LogP contribution in [0.15, 0.2) is 24.5 Å². The molecular formula is C15H12Cl2F2N4O2. The number of amides is 1. The summed E-state index contributed by atoms with van der Waals surface area (Å²) in [4.78, 5) is 20.8. The molecule has 0 spiro atoms. The van der Waals surface area contributed by atoms with Crippen LogP contribution in [0.5, 0.6) is 0 Å². The molecule has 0 unspecified atom stereocenters. The minimum Gasteiger partial charge on any atom is -0.465 e. The van der Waals surface area contributed by atoms with Crippen LogP contribution in [0.3, 0.4) is 0 Å². The van der Waals surface area contributed by atoms with E-state index in [1.807, 2.05) is 0 Å². The van der Waals surface area contributed by atoms with Gasteiger partial charge in [0.1, 0.15) is 17.3 Å². The molecule has 1 aliphatic rings. The monoisotopic (exact) mass is 388 g/mol. The van der Waals surface area contributed by atoms with E-state index in [0.717, 1.165) is 12.1 Å². The molecule has 25 heavy (non-hydrogen) atoms. The molecule has 0 radical (unpaired) electrons. The van der Waals surface area contributed by atoms with Crippen LogP contribution in [0.4, 0.5) is 19.4 Å². The Kier molecular flexibility index (Phi) is 4.91. The number of halogens is 4. The van der Waals surface area contributed by atoms with Gasteiger partial charge in [-0.25, -0.2) is 23.5 Å². The van der Waals surface area contributed by atoms with Crippen molar-refractivity contribution in [2.45, 2.75) is 12.0 Å². The first-order valence-corrected chi connectivity index (χ1v) is 7.97. The van der Waals surface area contributed by atoms with Gasteiger partial charge >= 0.3 is 6.09 Å². The average Bonchev–Trinajstić information content (AvgIpc) is 2.94. The Labute approximate surface area is 151 Å². The normalized spacial score (nSPS) is 19.9. The molecule has 2 atom stereocenters. The van der Waals surface area contributed by atoms with Crippen LogP contribution in [-0.2, 0) is 0 Å². The van der Waals surface area contributed by atoms with Gasteiger partial charge in [0.2, 0.25) is 0 Å². The topological polar surface area (TPSA) is 78.4 Å². The molecule has 132 valence electrons. The van der Waals surface area contributed by atoms with E-state index in [0.29, 0.717) is 17.9 Å². The highest BCUT2D eigenvalue weighted by atomic mass is 35.5. The summed E-state index contributed by atoms with van der Waals surface area (Å²) in [5, 5.41) is 11.7. The lowest BCUT2D eigenvalue weighted by atomic mass is 9.94. The molecule has 0 aliphatic carbocycles. The number of nitrogens with zero attached hydrogens (tertiary/aromatic N) is 3. The Bertz CT molecular complexity index is 824. The molecule has 0 bridgehead atoms. The predicted octanol–water partition coefficient (Wildman–Crippen LogP) is 3.30. The Morgan fingerprint density at radius 3 is 2.60 bits per heavy atom. The molecule has 2 aromatic rings. The van der Waals surface area contributed by atoms with E-state index in [1.54, 1.807) is 4.90 Å². The first-order valence-electron chi connectivity index (χ1n) is 7.21. The third-order valence-electron chi connectivity index (χ3n) is 4.01. The second-order valence-corrected chi connectivity index (χ2v) is 6.35. The van der Waals surface area contributed by atoms with E-state index in [2.05, 4.69) is 15.3 Å². The molecule has 1 aromatic heterocycles. The quantitative estimate of drug-likeness (QED) is 0.622. The largest absolute Gasteiger partial charge is 0.465 e. The van der Waals surface area contributed by atoms with Crippen molar-refractivity contribution >= 4 is 35.1 Å². The number of rotatable bonds is 3. The fraction of sp³-hybridized carbons (Fsp3) is 0.267. The van der Waals surface area contributed by atoms with Crippen LogP contribution < -0.4 is 10.2 Å². The standard InChI is InChI=1S/C15H12Cl2F2N4O2/c16-9-2-11(19)10(18)1-7(9)8-4-23(5-12(8)22-15(24)25)14-3-13(17)20-6-21-14/h1-3,6,8,12,22H,4-5H2,(H,24,25)/t8-,12+/m1/s1. The number of carbonyl (C=O) groups is 1. The molecule has 3 rings (SSSR count). The Morgan fingerprint density at radius 1 is 1.20 bits per heavy atom. The second kappa shape index (κ2) is 6.97. The average molecular weight is 389 g/mol. The number of hydrogen-bond acceptors (Lipinski definition) is 4. The SMILES string of the molecule is O=C(O)N[C@H]1CN(c2cc(Cl)ncn2)C[C@@H]1c1cc(F)c(F)cc1Cl. The zero-order chi connectivity index (χ0) is 18.1. The summed E-state index contributed by atoms with van der Waals surface area (Å²) >= 11 is 11.9. The molecule has 1 aromatic carbocycles. The van der Waals surface area contributed by atoms with E-state index in [1.165, 1.54) is 12.4 Å². The molecule has 1 amide bonds. The molecule has 10 heteroatoms. The highest BCUT2D eigenvalue weighted by Crippen LogP contribution is 2.35. The third kappa shape index (κ3) is 3.74. The van der Waals surface area contributed by atoms with Crippen LogP contribution in [0.1, 0.15) is 11.5 Å². The van der Waals surface area contributed by atoms with E-state index in [-0.39, 0.29) is 16.7 Å². The zero-order valence-corrected chi connectivity index (χ0v) is 14.1.